The topological polar surface area (TPSA) is 115 Å². The molecule has 2 atom stereocenters. The number of hydrogen-bond donors (Lipinski definition) is 4. The summed E-state index contributed by atoms with van der Waals surface area (Å²) >= 11 is 0. The standard InChI is InChI=1S/C10H16O6/c1-5(11)3-7(9(13)14)8(10(15)16)4-6(2)12/h5-6,11-12H,3-4H2,1-2H3,(H,13,14)(H,15,16)/b8-7+. The number of aliphatic hydroxyl groups is 2. The van der Waals surface area contributed by atoms with Crippen LogP contribution in [0.2, 0.25) is 0 Å². The lowest BCUT2D eigenvalue weighted by Crippen LogP contribution is -2.18. The third-order valence-electron chi connectivity index (χ3n) is 1.88. The van der Waals surface area contributed by atoms with Gasteiger partial charge in [-0.15, -0.1) is 0 Å². The number of carboxylic acids is 2. The molecule has 0 aromatic carbocycles. The Bertz CT molecular complexity index is 272. The molecule has 6 nitrogen and oxygen atoms in total. The molecule has 0 aliphatic carbocycles. The molecule has 0 aliphatic heterocycles. The first kappa shape index (κ1) is 14.6. The van der Waals surface area contributed by atoms with Gasteiger partial charge in [-0.25, -0.2) is 9.59 Å². The molecule has 4 N–H and O–H groups in total. The summed E-state index contributed by atoms with van der Waals surface area (Å²) in [5.41, 5.74) is -0.744. The third-order valence-corrected chi connectivity index (χ3v) is 1.88. The minimum atomic E-state index is -1.39. The van der Waals surface area contributed by atoms with Crippen LogP contribution in [0.15, 0.2) is 11.1 Å². The van der Waals surface area contributed by atoms with Gasteiger partial charge in [-0.2, -0.15) is 0 Å². The van der Waals surface area contributed by atoms with E-state index in [1.54, 1.807) is 0 Å². The van der Waals surface area contributed by atoms with Crippen LogP contribution in [-0.2, 0) is 9.59 Å². The normalized spacial score (nSPS) is 16.2. The molecule has 0 bridgehead atoms. The number of rotatable bonds is 6. The number of hydrogen-bond acceptors (Lipinski definition) is 4. The van der Waals surface area contributed by atoms with Crippen molar-refractivity contribution in [1.29, 1.82) is 0 Å². The quantitative estimate of drug-likeness (QED) is 0.479. The molecule has 0 saturated heterocycles. The van der Waals surface area contributed by atoms with Crippen LogP contribution in [-0.4, -0.2) is 44.6 Å². The monoisotopic (exact) mass is 232 g/mol. The van der Waals surface area contributed by atoms with Gasteiger partial charge < -0.3 is 20.4 Å². The second-order valence-electron chi connectivity index (χ2n) is 3.67. The highest BCUT2D eigenvalue weighted by atomic mass is 16.4. The average molecular weight is 232 g/mol. The number of carbonyl (C=O) groups is 2. The SMILES string of the molecule is CC(O)C/C(C(=O)O)=C(/CC(C)O)C(=O)O. The van der Waals surface area contributed by atoms with Gasteiger partial charge in [0, 0.05) is 12.8 Å². The van der Waals surface area contributed by atoms with Crippen LogP contribution in [0.5, 0.6) is 0 Å². The Labute approximate surface area is 92.8 Å². The summed E-state index contributed by atoms with van der Waals surface area (Å²) in [7, 11) is 0. The van der Waals surface area contributed by atoms with Crippen molar-refractivity contribution in [3.05, 3.63) is 11.1 Å². The van der Waals surface area contributed by atoms with Gasteiger partial charge in [-0.1, -0.05) is 0 Å². The molecular weight excluding hydrogens is 216 g/mol. The Morgan fingerprint density at radius 3 is 1.25 bits per heavy atom. The molecule has 2 unspecified atom stereocenters. The fourth-order valence-electron chi connectivity index (χ4n) is 1.27. The van der Waals surface area contributed by atoms with Gasteiger partial charge in [0.2, 0.25) is 0 Å². The molecular formula is C10H16O6. The maximum Gasteiger partial charge on any atom is 0.332 e. The van der Waals surface area contributed by atoms with Crippen molar-refractivity contribution in [1.82, 2.24) is 0 Å². The van der Waals surface area contributed by atoms with E-state index in [9.17, 15) is 9.59 Å². The molecule has 0 aromatic heterocycles. The average Bonchev–Trinajstić information content (AvgIpc) is 2.09. The lowest BCUT2D eigenvalue weighted by atomic mass is 9.98. The molecule has 0 spiro atoms. The second-order valence-corrected chi connectivity index (χ2v) is 3.67. The van der Waals surface area contributed by atoms with E-state index in [1.165, 1.54) is 13.8 Å². The van der Waals surface area contributed by atoms with Gasteiger partial charge in [0.15, 0.2) is 0 Å². The summed E-state index contributed by atoms with van der Waals surface area (Å²) in [5, 5.41) is 35.8. The minimum absolute atomic E-state index is 0.260. The number of aliphatic carboxylic acids is 2. The molecule has 0 saturated carbocycles. The van der Waals surface area contributed by atoms with Crippen LogP contribution >= 0.6 is 0 Å². The Balaban J connectivity index is 5.26. The molecule has 6 heteroatoms. The van der Waals surface area contributed by atoms with Crippen molar-refractivity contribution in [2.75, 3.05) is 0 Å². The zero-order valence-corrected chi connectivity index (χ0v) is 9.17. The number of aliphatic hydroxyl groups excluding tert-OH is 2. The molecule has 0 heterocycles. The second kappa shape index (κ2) is 6.24. The minimum Gasteiger partial charge on any atom is -0.478 e. The first-order valence-corrected chi connectivity index (χ1v) is 4.80. The Kier molecular flexibility index (Phi) is 5.69. The van der Waals surface area contributed by atoms with E-state index in [0.717, 1.165) is 0 Å². The van der Waals surface area contributed by atoms with Crippen LogP contribution in [0.1, 0.15) is 26.7 Å². The van der Waals surface area contributed by atoms with Gasteiger partial charge in [-0.05, 0) is 13.8 Å². The lowest BCUT2D eigenvalue weighted by Gasteiger charge is -2.11. The Morgan fingerprint density at radius 2 is 1.12 bits per heavy atom. The van der Waals surface area contributed by atoms with E-state index >= 15 is 0 Å². The summed E-state index contributed by atoms with van der Waals surface area (Å²) in [6.07, 6.45) is -2.42. The molecule has 0 rings (SSSR count). The Morgan fingerprint density at radius 1 is 0.875 bits per heavy atom. The fourth-order valence-corrected chi connectivity index (χ4v) is 1.27. The summed E-state index contributed by atoms with van der Waals surface area (Å²) in [6.45, 7) is 2.73. The summed E-state index contributed by atoms with van der Waals surface area (Å²) in [6, 6.07) is 0. The van der Waals surface area contributed by atoms with Crippen LogP contribution in [0.25, 0.3) is 0 Å². The van der Waals surface area contributed by atoms with Gasteiger partial charge in [0.05, 0.1) is 23.4 Å². The van der Waals surface area contributed by atoms with E-state index in [4.69, 9.17) is 20.4 Å². The highest BCUT2D eigenvalue weighted by Crippen LogP contribution is 2.17. The number of carboxylic acid groups (broad SMARTS) is 2. The molecule has 0 aromatic rings. The zero-order valence-electron chi connectivity index (χ0n) is 9.17. The van der Waals surface area contributed by atoms with Crippen LogP contribution in [0.4, 0.5) is 0 Å². The van der Waals surface area contributed by atoms with Gasteiger partial charge >= 0.3 is 11.9 Å². The zero-order chi connectivity index (χ0) is 12.9. The smallest absolute Gasteiger partial charge is 0.332 e. The maximum atomic E-state index is 10.8. The molecule has 92 valence electrons. The van der Waals surface area contributed by atoms with Gasteiger partial charge in [-0.3, -0.25) is 0 Å². The molecule has 0 fully saturated rings. The van der Waals surface area contributed by atoms with Crippen molar-refractivity contribution in [3.63, 3.8) is 0 Å². The lowest BCUT2D eigenvalue weighted by molar-refractivity contribution is -0.136. The van der Waals surface area contributed by atoms with Crippen molar-refractivity contribution in [2.45, 2.75) is 38.9 Å². The first-order chi connectivity index (χ1) is 7.25. The first-order valence-electron chi connectivity index (χ1n) is 4.80. The van der Waals surface area contributed by atoms with Crippen LogP contribution < -0.4 is 0 Å². The highest BCUT2D eigenvalue weighted by Gasteiger charge is 2.22. The molecule has 0 radical (unpaired) electrons. The summed E-state index contributed by atoms with van der Waals surface area (Å²) in [4.78, 5) is 21.7. The Hall–Kier alpha value is -1.40. The predicted octanol–water partition coefficient (Wildman–Crippen LogP) is -0.00600. The van der Waals surface area contributed by atoms with Crippen molar-refractivity contribution in [2.24, 2.45) is 0 Å². The van der Waals surface area contributed by atoms with Crippen molar-refractivity contribution < 1.29 is 30.0 Å². The van der Waals surface area contributed by atoms with Crippen molar-refractivity contribution in [3.8, 4) is 0 Å². The molecule has 0 aliphatic rings. The van der Waals surface area contributed by atoms with Crippen molar-refractivity contribution >= 4 is 11.9 Å². The maximum absolute atomic E-state index is 10.8. The van der Waals surface area contributed by atoms with E-state index in [1.807, 2.05) is 0 Å². The van der Waals surface area contributed by atoms with E-state index < -0.39 is 24.1 Å². The summed E-state index contributed by atoms with van der Waals surface area (Å²) < 4.78 is 0. The van der Waals surface area contributed by atoms with E-state index in [2.05, 4.69) is 0 Å². The fraction of sp³-hybridized carbons (Fsp3) is 0.600. The molecule has 16 heavy (non-hydrogen) atoms. The van der Waals surface area contributed by atoms with E-state index in [0.29, 0.717) is 0 Å². The third kappa shape index (κ3) is 4.90. The van der Waals surface area contributed by atoms with Crippen LogP contribution in [0, 0.1) is 0 Å². The largest absolute Gasteiger partial charge is 0.478 e. The van der Waals surface area contributed by atoms with Gasteiger partial charge in [0.25, 0.3) is 0 Å². The van der Waals surface area contributed by atoms with Gasteiger partial charge in [0.1, 0.15) is 0 Å². The predicted molar refractivity (Wildman–Crippen MR) is 54.9 cm³/mol. The van der Waals surface area contributed by atoms with Crippen LogP contribution in [0.3, 0.4) is 0 Å². The summed E-state index contributed by atoms with van der Waals surface area (Å²) in [5.74, 6) is -2.78. The van der Waals surface area contributed by atoms with E-state index in [-0.39, 0.29) is 24.0 Å². The molecule has 0 amide bonds. The highest BCUT2D eigenvalue weighted by molar-refractivity contribution is 5.98.